The minimum Gasteiger partial charge on any atom is -0.483 e. The molecular formula is C18H20N2O3. The normalized spacial score (nSPS) is 10.0. The van der Waals surface area contributed by atoms with Crippen molar-refractivity contribution in [3.05, 3.63) is 65.2 Å². The Morgan fingerprint density at radius 2 is 1.57 bits per heavy atom. The van der Waals surface area contributed by atoms with E-state index in [1.165, 1.54) is 0 Å². The number of hydrogen-bond donors (Lipinski definition) is 2. The molecule has 23 heavy (non-hydrogen) atoms. The van der Waals surface area contributed by atoms with Gasteiger partial charge in [-0.25, -0.2) is 0 Å². The fourth-order valence-corrected chi connectivity index (χ4v) is 1.97. The first-order chi connectivity index (χ1) is 11.0. The first-order valence-corrected chi connectivity index (χ1v) is 7.36. The number of aryl methyl sites for hydroxylation is 2. The van der Waals surface area contributed by atoms with Gasteiger partial charge in [-0.05, 0) is 31.0 Å². The smallest absolute Gasteiger partial charge is 0.276 e. The van der Waals surface area contributed by atoms with Gasteiger partial charge >= 0.3 is 0 Å². The maximum Gasteiger partial charge on any atom is 0.276 e. The number of para-hydroxylation sites is 1. The molecule has 2 N–H and O–H groups in total. The summed E-state index contributed by atoms with van der Waals surface area (Å²) in [7, 11) is 0. The van der Waals surface area contributed by atoms with Crippen LogP contribution in [0.2, 0.25) is 0 Å². The predicted molar refractivity (Wildman–Crippen MR) is 87.8 cm³/mol. The van der Waals surface area contributed by atoms with Gasteiger partial charge < -0.3 is 4.74 Å². The molecule has 0 fully saturated rings. The molecule has 0 saturated carbocycles. The van der Waals surface area contributed by atoms with E-state index in [-0.39, 0.29) is 18.9 Å². The van der Waals surface area contributed by atoms with E-state index in [1.54, 1.807) is 6.07 Å². The molecule has 5 nitrogen and oxygen atoms in total. The molecule has 5 heteroatoms. The highest BCUT2D eigenvalue weighted by molar-refractivity contribution is 5.83. The number of amides is 2. The number of nitrogens with one attached hydrogen (secondary N) is 2. The molecule has 0 heterocycles. The molecule has 0 saturated heterocycles. The summed E-state index contributed by atoms with van der Waals surface area (Å²) in [5, 5.41) is 0. The molecule has 0 aliphatic heterocycles. The van der Waals surface area contributed by atoms with Crippen molar-refractivity contribution in [1.29, 1.82) is 0 Å². The molecule has 0 spiro atoms. The Hall–Kier alpha value is -2.82. The maximum absolute atomic E-state index is 11.8. The van der Waals surface area contributed by atoms with E-state index in [0.717, 1.165) is 16.7 Å². The Balaban J connectivity index is 1.72. The van der Waals surface area contributed by atoms with Crippen LogP contribution in [0, 0.1) is 13.8 Å². The van der Waals surface area contributed by atoms with Gasteiger partial charge in [0.15, 0.2) is 6.61 Å². The van der Waals surface area contributed by atoms with Crippen LogP contribution in [-0.4, -0.2) is 18.4 Å². The number of benzene rings is 2. The zero-order chi connectivity index (χ0) is 16.7. The van der Waals surface area contributed by atoms with Crippen LogP contribution in [0.25, 0.3) is 0 Å². The van der Waals surface area contributed by atoms with E-state index in [4.69, 9.17) is 4.74 Å². The summed E-state index contributed by atoms with van der Waals surface area (Å²) < 4.78 is 5.40. The molecule has 2 aromatic rings. The highest BCUT2D eigenvalue weighted by atomic mass is 16.5. The predicted octanol–water partition coefficient (Wildman–Crippen LogP) is 2.07. The van der Waals surface area contributed by atoms with Gasteiger partial charge in [-0.3, -0.25) is 20.4 Å². The molecule has 0 aliphatic rings. The fourth-order valence-electron chi connectivity index (χ4n) is 1.97. The first-order valence-electron chi connectivity index (χ1n) is 7.36. The second-order valence-electron chi connectivity index (χ2n) is 5.31. The lowest BCUT2D eigenvalue weighted by Gasteiger charge is -2.10. The lowest BCUT2D eigenvalue weighted by atomic mass is 10.1. The molecule has 2 amide bonds. The molecule has 2 rings (SSSR count). The van der Waals surface area contributed by atoms with Gasteiger partial charge in [0.25, 0.3) is 5.91 Å². The first kappa shape index (κ1) is 16.5. The van der Waals surface area contributed by atoms with Gasteiger partial charge in [-0.15, -0.1) is 0 Å². The van der Waals surface area contributed by atoms with Gasteiger partial charge in [-0.2, -0.15) is 0 Å². The molecule has 0 bridgehead atoms. The van der Waals surface area contributed by atoms with E-state index in [2.05, 4.69) is 10.9 Å². The molecule has 0 aromatic heterocycles. The summed E-state index contributed by atoms with van der Waals surface area (Å²) in [5.74, 6) is -0.0442. The lowest BCUT2D eigenvalue weighted by molar-refractivity contribution is -0.129. The van der Waals surface area contributed by atoms with Gasteiger partial charge in [0, 0.05) is 0 Å². The second kappa shape index (κ2) is 7.98. The summed E-state index contributed by atoms with van der Waals surface area (Å²) in [4.78, 5) is 23.4. The van der Waals surface area contributed by atoms with Gasteiger partial charge in [0.05, 0.1) is 6.42 Å². The SMILES string of the molecule is Cc1ccc(CC(=O)NNC(=O)COc2ccccc2C)cc1. The Morgan fingerprint density at radius 1 is 0.913 bits per heavy atom. The number of hydrazine groups is 1. The molecule has 0 unspecified atom stereocenters. The van der Waals surface area contributed by atoms with Gasteiger partial charge in [-0.1, -0.05) is 48.0 Å². The number of rotatable bonds is 5. The van der Waals surface area contributed by atoms with E-state index in [9.17, 15) is 9.59 Å². The van der Waals surface area contributed by atoms with Crippen LogP contribution in [0.15, 0.2) is 48.5 Å². The molecule has 120 valence electrons. The van der Waals surface area contributed by atoms with Crippen molar-refractivity contribution < 1.29 is 14.3 Å². The van der Waals surface area contributed by atoms with Crippen LogP contribution in [-0.2, 0) is 16.0 Å². The summed E-state index contributed by atoms with van der Waals surface area (Å²) in [6.07, 6.45) is 0.208. The van der Waals surface area contributed by atoms with Crippen molar-refractivity contribution >= 4 is 11.8 Å². The quantitative estimate of drug-likeness (QED) is 0.831. The molecule has 0 radical (unpaired) electrons. The Labute approximate surface area is 135 Å². The van der Waals surface area contributed by atoms with Crippen molar-refractivity contribution in [2.24, 2.45) is 0 Å². The molecule has 2 aromatic carbocycles. The maximum atomic E-state index is 11.8. The van der Waals surface area contributed by atoms with E-state index in [1.807, 2.05) is 56.3 Å². The van der Waals surface area contributed by atoms with Crippen molar-refractivity contribution in [1.82, 2.24) is 10.9 Å². The summed E-state index contributed by atoms with van der Waals surface area (Å²) in [6, 6.07) is 15.1. The molecule has 0 aliphatic carbocycles. The highest BCUT2D eigenvalue weighted by Crippen LogP contribution is 2.15. The van der Waals surface area contributed by atoms with Crippen LogP contribution >= 0.6 is 0 Å². The zero-order valence-electron chi connectivity index (χ0n) is 13.3. The zero-order valence-corrected chi connectivity index (χ0v) is 13.3. The Bertz CT molecular complexity index is 681. The number of ether oxygens (including phenoxy) is 1. The van der Waals surface area contributed by atoms with Crippen molar-refractivity contribution in [2.45, 2.75) is 20.3 Å². The summed E-state index contributed by atoms with van der Waals surface area (Å²) >= 11 is 0. The third-order valence-electron chi connectivity index (χ3n) is 3.28. The standard InChI is InChI=1S/C18H20N2O3/c1-13-7-9-15(10-8-13)11-17(21)19-20-18(22)12-23-16-6-4-3-5-14(16)2/h3-10H,11-12H2,1-2H3,(H,19,21)(H,20,22). The Morgan fingerprint density at radius 3 is 2.26 bits per heavy atom. The second-order valence-corrected chi connectivity index (χ2v) is 5.31. The van der Waals surface area contributed by atoms with E-state index >= 15 is 0 Å². The van der Waals surface area contributed by atoms with Crippen LogP contribution in [0.3, 0.4) is 0 Å². The monoisotopic (exact) mass is 312 g/mol. The van der Waals surface area contributed by atoms with E-state index < -0.39 is 5.91 Å². The highest BCUT2D eigenvalue weighted by Gasteiger charge is 2.07. The average molecular weight is 312 g/mol. The molecular weight excluding hydrogens is 292 g/mol. The number of carbonyl (C=O) groups excluding carboxylic acids is 2. The van der Waals surface area contributed by atoms with E-state index in [0.29, 0.717) is 5.75 Å². The minimum atomic E-state index is -0.412. The van der Waals surface area contributed by atoms with Crippen molar-refractivity contribution in [2.75, 3.05) is 6.61 Å². The van der Waals surface area contributed by atoms with Crippen molar-refractivity contribution in [3.8, 4) is 5.75 Å². The van der Waals surface area contributed by atoms with Gasteiger partial charge in [0.1, 0.15) is 5.75 Å². The van der Waals surface area contributed by atoms with Crippen LogP contribution in [0.1, 0.15) is 16.7 Å². The Kier molecular flexibility index (Phi) is 5.74. The van der Waals surface area contributed by atoms with Crippen LogP contribution in [0.4, 0.5) is 0 Å². The number of hydrogen-bond acceptors (Lipinski definition) is 3. The minimum absolute atomic E-state index is 0.157. The number of carbonyl (C=O) groups is 2. The largest absolute Gasteiger partial charge is 0.483 e. The molecule has 0 atom stereocenters. The van der Waals surface area contributed by atoms with Crippen LogP contribution < -0.4 is 15.6 Å². The van der Waals surface area contributed by atoms with Gasteiger partial charge in [0.2, 0.25) is 5.91 Å². The third-order valence-corrected chi connectivity index (χ3v) is 3.28. The lowest BCUT2D eigenvalue weighted by Crippen LogP contribution is -2.44. The van der Waals surface area contributed by atoms with Crippen LogP contribution in [0.5, 0.6) is 5.75 Å². The average Bonchev–Trinajstić information content (AvgIpc) is 2.54. The topological polar surface area (TPSA) is 67.4 Å². The van der Waals surface area contributed by atoms with Crippen molar-refractivity contribution in [3.63, 3.8) is 0 Å². The third kappa shape index (κ3) is 5.47. The fraction of sp³-hybridized carbons (Fsp3) is 0.222. The summed E-state index contributed by atoms with van der Waals surface area (Å²) in [6.45, 7) is 3.73. The summed E-state index contributed by atoms with van der Waals surface area (Å²) in [5.41, 5.74) is 7.69.